The maximum atomic E-state index is 12.9. The first-order valence-corrected chi connectivity index (χ1v) is 9.56. The predicted molar refractivity (Wildman–Crippen MR) is 102 cm³/mol. The zero-order valence-electron chi connectivity index (χ0n) is 16.2. The Morgan fingerprint density at radius 1 is 1.28 bits per heavy atom. The Kier molecular flexibility index (Phi) is 5.03. The molecule has 2 aliphatic heterocycles. The second kappa shape index (κ2) is 7.64. The van der Waals surface area contributed by atoms with E-state index in [2.05, 4.69) is 15.0 Å². The molecule has 9 heteroatoms. The van der Waals surface area contributed by atoms with Crippen LogP contribution in [0.3, 0.4) is 0 Å². The first-order chi connectivity index (χ1) is 14.1. The summed E-state index contributed by atoms with van der Waals surface area (Å²) in [4.78, 5) is 41.0. The van der Waals surface area contributed by atoms with E-state index in [0.717, 1.165) is 17.8 Å². The standard InChI is InChI=1S/C20H22N6O3/c1-29-12-17(27)26-7-4-16-18(24-13-23-16)20(26)5-8-25(9-6-20)19(28)14-2-3-15(10-21)22-11-14/h2-3,11,13H,4-9,12H2,1H3,(H,23,24). The third-order valence-electron chi connectivity index (χ3n) is 5.83. The zero-order valence-corrected chi connectivity index (χ0v) is 16.2. The number of carbonyl (C=O) groups excluding carboxylic acids is 2. The molecule has 9 nitrogen and oxygen atoms in total. The lowest BCUT2D eigenvalue weighted by Gasteiger charge is -2.50. The first kappa shape index (κ1) is 19.1. The number of piperidine rings is 1. The van der Waals surface area contributed by atoms with Crippen LogP contribution in [0.1, 0.15) is 40.3 Å². The lowest BCUT2D eigenvalue weighted by molar-refractivity contribution is -0.145. The highest BCUT2D eigenvalue weighted by Gasteiger charge is 2.49. The van der Waals surface area contributed by atoms with Gasteiger partial charge >= 0.3 is 0 Å². The molecule has 1 fully saturated rings. The van der Waals surface area contributed by atoms with Crippen LogP contribution in [-0.2, 0) is 21.5 Å². The summed E-state index contributed by atoms with van der Waals surface area (Å²) < 4.78 is 5.08. The highest BCUT2D eigenvalue weighted by Crippen LogP contribution is 2.42. The molecule has 0 unspecified atom stereocenters. The van der Waals surface area contributed by atoms with Crippen LogP contribution in [-0.4, -0.2) is 69.9 Å². The van der Waals surface area contributed by atoms with Crippen molar-refractivity contribution >= 4 is 11.8 Å². The minimum Gasteiger partial charge on any atom is -0.375 e. The quantitative estimate of drug-likeness (QED) is 0.825. The molecule has 1 N–H and O–H groups in total. The van der Waals surface area contributed by atoms with Crippen molar-refractivity contribution in [3.63, 3.8) is 0 Å². The number of nitrogens with zero attached hydrogens (tertiary/aromatic N) is 5. The summed E-state index contributed by atoms with van der Waals surface area (Å²) in [6.45, 7) is 1.63. The van der Waals surface area contributed by atoms with Crippen LogP contribution >= 0.6 is 0 Å². The number of aromatic nitrogens is 3. The van der Waals surface area contributed by atoms with Gasteiger partial charge in [-0.1, -0.05) is 0 Å². The SMILES string of the molecule is COCC(=O)N1CCc2[nH]cnc2C12CCN(C(=O)c1ccc(C#N)nc1)CC2. The van der Waals surface area contributed by atoms with Gasteiger partial charge in [-0.2, -0.15) is 5.26 Å². The lowest BCUT2D eigenvalue weighted by Crippen LogP contribution is -2.59. The molecule has 0 atom stereocenters. The average Bonchev–Trinajstić information content (AvgIpc) is 3.24. The van der Waals surface area contributed by atoms with Crippen LogP contribution in [0.2, 0.25) is 0 Å². The zero-order chi connectivity index (χ0) is 20.4. The Morgan fingerprint density at radius 2 is 2.07 bits per heavy atom. The van der Waals surface area contributed by atoms with Gasteiger partial charge in [0.15, 0.2) is 0 Å². The Balaban J connectivity index is 1.56. The summed E-state index contributed by atoms with van der Waals surface area (Å²) in [5.41, 5.74) is 2.17. The van der Waals surface area contributed by atoms with Crippen molar-refractivity contribution in [3.8, 4) is 6.07 Å². The van der Waals surface area contributed by atoms with Gasteiger partial charge in [-0.3, -0.25) is 9.59 Å². The fourth-order valence-electron chi connectivity index (χ4n) is 4.40. The Labute approximate surface area is 168 Å². The van der Waals surface area contributed by atoms with E-state index in [-0.39, 0.29) is 24.1 Å². The number of nitriles is 1. The molecule has 0 aromatic carbocycles. The number of pyridine rings is 1. The molecule has 1 saturated heterocycles. The smallest absolute Gasteiger partial charge is 0.255 e. The summed E-state index contributed by atoms with van der Waals surface area (Å²) in [5, 5.41) is 8.87. The monoisotopic (exact) mass is 394 g/mol. The van der Waals surface area contributed by atoms with Gasteiger partial charge in [-0.05, 0) is 25.0 Å². The number of carbonyl (C=O) groups is 2. The molecule has 2 aromatic heterocycles. The van der Waals surface area contributed by atoms with E-state index in [1.165, 1.54) is 13.3 Å². The third-order valence-corrected chi connectivity index (χ3v) is 5.83. The number of ether oxygens (including phenoxy) is 1. The molecule has 4 heterocycles. The maximum absolute atomic E-state index is 12.9. The highest BCUT2D eigenvalue weighted by atomic mass is 16.5. The molecule has 0 bridgehead atoms. The number of H-pyrrole nitrogens is 1. The number of hydrogen-bond acceptors (Lipinski definition) is 6. The molecular formula is C20H22N6O3. The van der Waals surface area contributed by atoms with Crippen molar-refractivity contribution < 1.29 is 14.3 Å². The van der Waals surface area contributed by atoms with Crippen LogP contribution in [0.25, 0.3) is 0 Å². The number of imidazole rings is 1. The van der Waals surface area contributed by atoms with E-state index in [4.69, 9.17) is 10.00 Å². The van der Waals surface area contributed by atoms with E-state index in [9.17, 15) is 9.59 Å². The Morgan fingerprint density at radius 3 is 2.72 bits per heavy atom. The summed E-state index contributed by atoms with van der Waals surface area (Å²) >= 11 is 0. The topological polar surface area (TPSA) is 115 Å². The van der Waals surface area contributed by atoms with Gasteiger partial charge in [-0.15, -0.1) is 0 Å². The summed E-state index contributed by atoms with van der Waals surface area (Å²) in [7, 11) is 1.52. The van der Waals surface area contributed by atoms with E-state index < -0.39 is 5.54 Å². The molecule has 2 aromatic rings. The second-order valence-corrected chi connectivity index (χ2v) is 7.33. The molecule has 29 heavy (non-hydrogen) atoms. The summed E-state index contributed by atoms with van der Waals surface area (Å²) in [5.74, 6) is -0.179. The number of methoxy groups -OCH3 is 1. The molecule has 0 aliphatic carbocycles. The molecule has 2 amide bonds. The first-order valence-electron chi connectivity index (χ1n) is 9.56. The fraction of sp³-hybridized carbons (Fsp3) is 0.450. The van der Waals surface area contributed by atoms with Gasteiger partial charge in [0.05, 0.1) is 23.1 Å². The van der Waals surface area contributed by atoms with Crippen LogP contribution in [0.15, 0.2) is 24.7 Å². The van der Waals surface area contributed by atoms with Gasteiger partial charge in [0.1, 0.15) is 18.4 Å². The molecule has 1 spiro atoms. The summed E-state index contributed by atoms with van der Waals surface area (Å²) in [6, 6.07) is 5.12. The number of fused-ring (bicyclic) bond motifs is 2. The van der Waals surface area contributed by atoms with Crippen LogP contribution in [0.5, 0.6) is 0 Å². The largest absolute Gasteiger partial charge is 0.375 e. The Hall–Kier alpha value is -3.25. The highest BCUT2D eigenvalue weighted by molar-refractivity contribution is 5.94. The van der Waals surface area contributed by atoms with E-state index in [1.807, 2.05) is 11.0 Å². The average molecular weight is 394 g/mol. The second-order valence-electron chi connectivity index (χ2n) is 7.33. The minimum absolute atomic E-state index is 0.0288. The third kappa shape index (κ3) is 3.25. The molecule has 150 valence electrons. The Bertz CT molecular complexity index is 953. The lowest BCUT2D eigenvalue weighted by atomic mass is 9.78. The van der Waals surface area contributed by atoms with Crippen molar-refractivity contribution in [1.82, 2.24) is 24.8 Å². The van der Waals surface area contributed by atoms with E-state index >= 15 is 0 Å². The van der Waals surface area contributed by atoms with Crippen LogP contribution < -0.4 is 0 Å². The number of amides is 2. The predicted octanol–water partition coefficient (Wildman–Crippen LogP) is 0.839. The van der Waals surface area contributed by atoms with Gasteiger partial charge in [0.2, 0.25) is 5.91 Å². The molecule has 4 rings (SSSR count). The van der Waals surface area contributed by atoms with Crippen molar-refractivity contribution in [2.24, 2.45) is 0 Å². The number of rotatable bonds is 3. The number of likely N-dealkylation sites (tertiary alicyclic amines) is 1. The molecular weight excluding hydrogens is 372 g/mol. The maximum Gasteiger partial charge on any atom is 0.255 e. The summed E-state index contributed by atoms with van der Waals surface area (Å²) in [6.07, 6.45) is 5.06. The number of hydrogen-bond donors (Lipinski definition) is 1. The van der Waals surface area contributed by atoms with Gasteiger partial charge in [-0.25, -0.2) is 9.97 Å². The van der Waals surface area contributed by atoms with Gasteiger partial charge < -0.3 is 19.5 Å². The molecule has 2 aliphatic rings. The van der Waals surface area contributed by atoms with Crippen LogP contribution in [0.4, 0.5) is 0 Å². The van der Waals surface area contributed by atoms with Crippen molar-refractivity contribution in [1.29, 1.82) is 5.26 Å². The minimum atomic E-state index is -0.525. The molecule has 0 radical (unpaired) electrons. The number of aromatic amines is 1. The van der Waals surface area contributed by atoms with E-state index in [0.29, 0.717) is 38.0 Å². The van der Waals surface area contributed by atoms with Crippen molar-refractivity contribution in [2.45, 2.75) is 24.8 Å². The van der Waals surface area contributed by atoms with Gasteiger partial charge in [0, 0.05) is 45.1 Å². The van der Waals surface area contributed by atoms with Crippen molar-refractivity contribution in [2.75, 3.05) is 33.4 Å². The molecule has 0 saturated carbocycles. The van der Waals surface area contributed by atoms with Crippen molar-refractivity contribution in [3.05, 3.63) is 47.3 Å². The number of nitrogens with one attached hydrogen (secondary N) is 1. The normalized spacial score (nSPS) is 17.7. The van der Waals surface area contributed by atoms with Gasteiger partial charge in [0.25, 0.3) is 5.91 Å². The van der Waals surface area contributed by atoms with E-state index in [1.54, 1.807) is 23.4 Å². The van der Waals surface area contributed by atoms with Crippen LogP contribution in [0, 0.1) is 11.3 Å². The fourth-order valence-corrected chi connectivity index (χ4v) is 4.40.